The van der Waals surface area contributed by atoms with Gasteiger partial charge in [-0.1, -0.05) is 42.5 Å². The van der Waals surface area contributed by atoms with Crippen LogP contribution in [0.5, 0.6) is 0 Å². The summed E-state index contributed by atoms with van der Waals surface area (Å²) in [6.07, 6.45) is -1.07. The highest BCUT2D eigenvalue weighted by atomic mass is 16.5. The van der Waals surface area contributed by atoms with Crippen molar-refractivity contribution in [3.05, 3.63) is 71.4 Å². The number of fused-ring (bicyclic) bond motifs is 1. The zero-order valence-electron chi connectivity index (χ0n) is 17.1. The molecule has 7 nitrogen and oxygen atoms in total. The van der Waals surface area contributed by atoms with Crippen LogP contribution in [-0.2, 0) is 14.3 Å². The average molecular weight is 405 g/mol. The number of aromatic nitrogens is 1. The van der Waals surface area contributed by atoms with Crippen molar-refractivity contribution in [3.63, 3.8) is 0 Å². The van der Waals surface area contributed by atoms with E-state index in [0.717, 1.165) is 22.2 Å². The topological polar surface area (TPSA) is 97.4 Å². The van der Waals surface area contributed by atoms with E-state index in [1.165, 1.54) is 6.92 Å². The molecule has 3 rings (SSSR count). The van der Waals surface area contributed by atoms with Gasteiger partial charge in [-0.05, 0) is 44.0 Å². The van der Waals surface area contributed by atoms with Crippen LogP contribution in [0, 0.1) is 13.8 Å². The number of ether oxygens (including phenoxy) is 1. The van der Waals surface area contributed by atoms with Crippen molar-refractivity contribution in [2.75, 3.05) is 11.9 Å². The van der Waals surface area contributed by atoms with Crippen LogP contribution in [0.4, 0.5) is 5.69 Å². The second-order valence-electron chi connectivity index (χ2n) is 6.97. The van der Waals surface area contributed by atoms with E-state index >= 15 is 0 Å². The van der Waals surface area contributed by atoms with Gasteiger partial charge in [0, 0.05) is 11.1 Å². The normalized spacial score (nSPS) is 11.6. The van der Waals surface area contributed by atoms with Crippen LogP contribution < -0.4 is 10.6 Å². The van der Waals surface area contributed by atoms with Gasteiger partial charge in [-0.3, -0.25) is 9.59 Å². The summed E-state index contributed by atoms with van der Waals surface area (Å²) in [4.78, 5) is 41.0. The van der Waals surface area contributed by atoms with E-state index in [4.69, 9.17) is 4.74 Å². The van der Waals surface area contributed by atoms with Crippen molar-refractivity contribution in [1.29, 1.82) is 0 Å². The molecule has 0 saturated carbocycles. The molecule has 0 aliphatic rings. The van der Waals surface area contributed by atoms with Gasteiger partial charge in [-0.2, -0.15) is 0 Å². The summed E-state index contributed by atoms with van der Waals surface area (Å²) in [6.45, 7) is 4.99. The van der Waals surface area contributed by atoms with E-state index in [0.29, 0.717) is 5.52 Å². The maximum Gasteiger partial charge on any atom is 0.357 e. The Labute approximate surface area is 174 Å². The van der Waals surface area contributed by atoms with E-state index < -0.39 is 18.0 Å². The number of pyridine rings is 1. The lowest BCUT2D eigenvalue weighted by atomic mass is 10.1. The van der Waals surface area contributed by atoms with Crippen molar-refractivity contribution in [2.45, 2.75) is 26.9 Å². The molecule has 1 unspecified atom stereocenters. The number of hydrogen-bond acceptors (Lipinski definition) is 5. The number of hydrogen-bond donors (Lipinski definition) is 2. The lowest BCUT2D eigenvalue weighted by Crippen LogP contribution is -2.40. The van der Waals surface area contributed by atoms with Gasteiger partial charge in [0.05, 0.1) is 12.1 Å². The molecule has 0 spiro atoms. The third-order valence-corrected chi connectivity index (χ3v) is 4.63. The number of esters is 1. The molecule has 0 radical (unpaired) electrons. The number of para-hydroxylation sites is 2. The van der Waals surface area contributed by atoms with E-state index in [1.807, 2.05) is 50.2 Å². The van der Waals surface area contributed by atoms with Crippen LogP contribution in [0.3, 0.4) is 0 Å². The van der Waals surface area contributed by atoms with Crippen LogP contribution in [0.15, 0.2) is 54.6 Å². The molecule has 30 heavy (non-hydrogen) atoms. The molecule has 1 aromatic heterocycles. The average Bonchev–Trinajstić information content (AvgIpc) is 2.74. The predicted octanol–water partition coefficient (Wildman–Crippen LogP) is 3.15. The maximum atomic E-state index is 12.3. The smallest absolute Gasteiger partial charge is 0.357 e. The van der Waals surface area contributed by atoms with Crippen molar-refractivity contribution in [2.24, 2.45) is 0 Å². The van der Waals surface area contributed by atoms with Gasteiger partial charge in [0.2, 0.25) is 5.91 Å². The van der Waals surface area contributed by atoms with Crippen LogP contribution >= 0.6 is 0 Å². The molecule has 1 atom stereocenters. The molecule has 2 aromatic carbocycles. The Morgan fingerprint density at radius 1 is 0.967 bits per heavy atom. The molecule has 154 valence electrons. The minimum absolute atomic E-state index is 0.112. The highest BCUT2D eigenvalue weighted by molar-refractivity contribution is 5.97. The number of nitrogens with zero attached hydrogens (tertiary/aromatic N) is 1. The number of nitrogens with one attached hydrogen (secondary N) is 2. The Morgan fingerprint density at radius 3 is 2.40 bits per heavy atom. The lowest BCUT2D eigenvalue weighted by molar-refractivity contribution is -0.130. The van der Waals surface area contributed by atoms with Gasteiger partial charge < -0.3 is 15.4 Å². The predicted molar refractivity (Wildman–Crippen MR) is 114 cm³/mol. The quantitative estimate of drug-likeness (QED) is 0.614. The molecule has 2 amide bonds. The van der Waals surface area contributed by atoms with Crippen LogP contribution in [0.25, 0.3) is 10.9 Å². The zero-order valence-corrected chi connectivity index (χ0v) is 17.1. The molecular weight excluding hydrogens is 382 g/mol. The highest BCUT2D eigenvalue weighted by Crippen LogP contribution is 2.19. The fourth-order valence-corrected chi connectivity index (χ4v) is 2.96. The van der Waals surface area contributed by atoms with Crippen LogP contribution in [0.1, 0.15) is 28.5 Å². The summed E-state index contributed by atoms with van der Waals surface area (Å²) in [5.74, 6) is -1.64. The van der Waals surface area contributed by atoms with Crippen molar-refractivity contribution in [3.8, 4) is 0 Å². The Morgan fingerprint density at radius 2 is 1.67 bits per heavy atom. The van der Waals surface area contributed by atoms with E-state index in [9.17, 15) is 14.4 Å². The minimum Gasteiger partial charge on any atom is -0.448 e. The van der Waals surface area contributed by atoms with Crippen LogP contribution in [-0.4, -0.2) is 35.4 Å². The first kappa shape index (κ1) is 21.0. The molecule has 3 aromatic rings. The zero-order chi connectivity index (χ0) is 21.7. The van der Waals surface area contributed by atoms with E-state index in [1.54, 1.807) is 18.2 Å². The van der Waals surface area contributed by atoms with Gasteiger partial charge in [-0.15, -0.1) is 0 Å². The van der Waals surface area contributed by atoms with Crippen LogP contribution in [0.2, 0.25) is 0 Å². The largest absolute Gasteiger partial charge is 0.448 e. The van der Waals surface area contributed by atoms with Crippen molar-refractivity contribution >= 4 is 34.4 Å². The van der Waals surface area contributed by atoms with Gasteiger partial charge >= 0.3 is 5.97 Å². The summed E-state index contributed by atoms with van der Waals surface area (Å²) in [5, 5.41) is 6.16. The number of benzene rings is 2. The first-order valence-electron chi connectivity index (χ1n) is 9.55. The molecule has 1 heterocycles. The summed E-state index contributed by atoms with van der Waals surface area (Å²) >= 11 is 0. The Balaban J connectivity index is 1.53. The van der Waals surface area contributed by atoms with Gasteiger partial charge in [-0.25, -0.2) is 9.78 Å². The molecule has 0 aliphatic carbocycles. The van der Waals surface area contributed by atoms with E-state index in [-0.39, 0.29) is 18.1 Å². The summed E-state index contributed by atoms with van der Waals surface area (Å²) < 4.78 is 5.19. The first-order valence-corrected chi connectivity index (χ1v) is 9.55. The number of aryl methyl sites for hydroxylation is 2. The monoisotopic (exact) mass is 405 g/mol. The Bertz CT molecular complexity index is 1090. The van der Waals surface area contributed by atoms with Crippen molar-refractivity contribution in [1.82, 2.24) is 10.3 Å². The summed E-state index contributed by atoms with van der Waals surface area (Å²) in [7, 11) is 0. The third kappa shape index (κ3) is 5.00. The summed E-state index contributed by atoms with van der Waals surface area (Å²) in [5.41, 5.74) is 3.35. The second kappa shape index (κ2) is 9.17. The standard InChI is InChI=1S/C23H23N3O4/c1-14-7-6-8-15(2)21(14)26-20(27)13-24-22(28)16(3)30-23(29)19-12-11-17-9-4-5-10-18(17)25-19/h4-12,16H,13H2,1-3H3,(H,24,28)(H,26,27). The molecule has 7 heteroatoms. The number of carbonyl (C=O) groups is 3. The van der Waals surface area contributed by atoms with Gasteiger partial charge in [0.1, 0.15) is 5.69 Å². The molecule has 0 saturated heterocycles. The maximum absolute atomic E-state index is 12.3. The molecule has 0 fully saturated rings. The fraction of sp³-hybridized carbons (Fsp3) is 0.217. The van der Waals surface area contributed by atoms with E-state index in [2.05, 4.69) is 15.6 Å². The SMILES string of the molecule is Cc1cccc(C)c1NC(=O)CNC(=O)C(C)OC(=O)c1ccc2ccccc2n1. The number of rotatable bonds is 6. The highest BCUT2D eigenvalue weighted by Gasteiger charge is 2.20. The first-order chi connectivity index (χ1) is 14.3. The third-order valence-electron chi connectivity index (χ3n) is 4.63. The Kier molecular flexibility index (Phi) is 6.41. The number of anilines is 1. The van der Waals surface area contributed by atoms with Gasteiger partial charge in [0.15, 0.2) is 6.10 Å². The Hall–Kier alpha value is -3.74. The van der Waals surface area contributed by atoms with Gasteiger partial charge in [0.25, 0.3) is 5.91 Å². The lowest BCUT2D eigenvalue weighted by Gasteiger charge is -2.14. The molecule has 2 N–H and O–H groups in total. The fourth-order valence-electron chi connectivity index (χ4n) is 2.96. The number of carbonyl (C=O) groups excluding carboxylic acids is 3. The van der Waals surface area contributed by atoms with Crippen molar-refractivity contribution < 1.29 is 19.1 Å². The minimum atomic E-state index is -1.07. The molecule has 0 aliphatic heterocycles. The number of amides is 2. The second-order valence-corrected chi connectivity index (χ2v) is 6.97. The summed E-state index contributed by atoms with van der Waals surface area (Å²) in [6, 6.07) is 16.4. The molecule has 0 bridgehead atoms. The molecular formula is C23H23N3O4.